The average molecular weight is 260 g/mol. The topological polar surface area (TPSA) is 46.5 Å². The Hall–Kier alpha value is -1.35. The SMILES string of the molecule is O=C(O)CC(c1ccc(C2CCOC2)cc1)C1CC1. The second-order valence-electron chi connectivity index (χ2n) is 5.77. The van der Waals surface area contributed by atoms with Crippen molar-refractivity contribution in [1.29, 1.82) is 0 Å². The Balaban J connectivity index is 1.74. The van der Waals surface area contributed by atoms with Gasteiger partial charge in [-0.15, -0.1) is 0 Å². The third kappa shape index (κ3) is 2.98. The first kappa shape index (κ1) is 12.7. The Morgan fingerprint density at radius 1 is 1.26 bits per heavy atom. The molecule has 0 amide bonds. The molecule has 3 rings (SSSR count). The lowest BCUT2D eigenvalue weighted by Crippen LogP contribution is -2.08. The van der Waals surface area contributed by atoms with E-state index in [-0.39, 0.29) is 12.3 Å². The van der Waals surface area contributed by atoms with Crippen LogP contribution in [0.25, 0.3) is 0 Å². The summed E-state index contributed by atoms with van der Waals surface area (Å²) in [5, 5.41) is 9.03. The van der Waals surface area contributed by atoms with Crippen LogP contribution in [0.15, 0.2) is 24.3 Å². The molecule has 1 N–H and O–H groups in total. The zero-order valence-electron chi connectivity index (χ0n) is 11.0. The highest BCUT2D eigenvalue weighted by Crippen LogP contribution is 2.44. The molecule has 3 heteroatoms. The van der Waals surface area contributed by atoms with E-state index in [1.54, 1.807) is 0 Å². The molecule has 1 aromatic rings. The van der Waals surface area contributed by atoms with Crippen molar-refractivity contribution in [2.45, 2.75) is 37.5 Å². The molecular weight excluding hydrogens is 240 g/mol. The van der Waals surface area contributed by atoms with Crippen molar-refractivity contribution in [1.82, 2.24) is 0 Å². The van der Waals surface area contributed by atoms with Gasteiger partial charge in [0, 0.05) is 12.5 Å². The van der Waals surface area contributed by atoms with Crippen molar-refractivity contribution in [3.63, 3.8) is 0 Å². The Kier molecular flexibility index (Phi) is 3.56. The molecule has 2 atom stereocenters. The molecule has 0 radical (unpaired) electrons. The van der Waals surface area contributed by atoms with Crippen molar-refractivity contribution in [3.05, 3.63) is 35.4 Å². The van der Waals surface area contributed by atoms with Crippen LogP contribution in [0.1, 0.15) is 48.6 Å². The fourth-order valence-corrected chi connectivity index (χ4v) is 3.06. The van der Waals surface area contributed by atoms with E-state index in [1.807, 2.05) is 0 Å². The molecule has 1 saturated heterocycles. The van der Waals surface area contributed by atoms with Gasteiger partial charge in [0.05, 0.1) is 13.0 Å². The number of hydrogen-bond donors (Lipinski definition) is 1. The normalized spacial score (nSPS) is 24.3. The Labute approximate surface area is 113 Å². The van der Waals surface area contributed by atoms with Gasteiger partial charge in [-0.05, 0) is 42.2 Å². The molecular formula is C16H20O3. The average Bonchev–Trinajstić information content (AvgIpc) is 3.10. The van der Waals surface area contributed by atoms with E-state index in [4.69, 9.17) is 9.84 Å². The van der Waals surface area contributed by atoms with E-state index >= 15 is 0 Å². The third-order valence-corrected chi connectivity index (χ3v) is 4.35. The second-order valence-corrected chi connectivity index (χ2v) is 5.77. The van der Waals surface area contributed by atoms with Crippen molar-refractivity contribution in [3.8, 4) is 0 Å². The summed E-state index contributed by atoms with van der Waals surface area (Å²) in [6, 6.07) is 8.57. The van der Waals surface area contributed by atoms with Crippen LogP contribution in [0, 0.1) is 5.92 Å². The standard InChI is InChI=1S/C16H20O3/c17-16(18)9-15(13-5-6-13)12-3-1-11(2-4-12)14-7-8-19-10-14/h1-4,13-15H,5-10H2,(H,17,18). The fraction of sp³-hybridized carbons (Fsp3) is 0.562. The van der Waals surface area contributed by atoms with Gasteiger partial charge < -0.3 is 9.84 Å². The number of rotatable bonds is 5. The van der Waals surface area contributed by atoms with E-state index in [0.717, 1.165) is 19.6 Å². The van der Waals surface area contributed by atoms with Gasteiger partial charge in [-0.2, -0.15) is 0 Å². The van der Waals surface area contributed by atoms with Crippen molar-refractivity contribution in [2.24, 2.45) is 5.92 Å². The molecule has 2 aliphatic rings. The zero-order valence-corrected chi connectivity index (χ0v) is 11.0. The minimum atomic E-state index is -0.690. The molecule has 1 aliphatic heterocycles. The summed E-state index contributed by atoms with van der Waals surface area (Å²) in [4.78, 5) is 11.0. The second kappa shape index (κ2) is 5.33. The summed E-state index contributed by atoms with van der Waals surface area (Å²) in [7, 11) is 0. The minimum absolute atomic E-state index is 0.200. The van der Waals surface area contributed by atoms with Gasteiger partial charge in [0.15, 0.2) is 0 Å². The number of carboxylic acid groups (broad SMARTS) is 1. The summed E-state index contributed by atoms with van der Waals surface area (Å²) in [5.41, 5.74) is 2.51. The lowest BCUT2D eigenvalue weighted by atomic mass is 9.89. The number of carboxylic acids is 1. The van der Waals surface area contributed by atoms with Crippen LogP contribution in [-0.4, -0.2) is 24.3 Å². The molecule has 2 fully saturated rings. The molecule has 0 bridgehead atoms. The van der Waals surface area contributed by atoms with Gasteiger partial charge >= 0.3 is 5.97 Å². The Morgan fingerprint density at radius 2 is 2.00 bits per heavy atom. The largest absolute Gasteiger partial charge is 0.481 e. The number of carbonyl (C=O) groups is 1. The molecule has 19 heavy (non-hydrogen) atoms. The molecule has 1 aliphatic carbocycles. The first-order valence-electron chi connectivity index (χ1n) is 7.13. The molecule has 0 spiro atoms. The molecule has 102 valence electrons. The smallest absolute Gasteiger partial charge is 0.303 e. The van der Waals surface area contributed by atoms with Crippen molar-refractivity contribution in [2.75, 3.05) is 13.2 Å². The van der Waals surface area contributed by atoms with Crippen molar-refractivity contribution < 1.29 is 14.6 Å². The Bertz CT molecular complexity index is 442. The third-order valence-electron chi connectivity index (χ3n) is 4.35. The quantitative estimate of drug-likeness (QED) is 0.884. The molecule has 0 aromatic heterocycles. The number of hydrogen-bond acceptors (Lipinski definition) is 2. The van der Waals surface area contributed by atoms with E-state index in [1.165, 1.54) is 24.0 Å². The highest BCUT2D eigenvalue weighted by molar-refractivity contribution is 5.68. The fourth-order valence-electron chi connectivity index (χ4n) is 3.06. The summed E-state index contributed by atoms with van der Waals surface area (Å²) >= 11 is 0. The first-order chi connectivity index (χ1) is 9.24. The highest BCUT2D eigenvalue weighted by Gasteiger charge is 2.33. The van der Waals surface area contributed by atoms with Gasteiger partial charge in [0.25, 0.3) is 0 Å². The Morgan fingerprint density at radius 3 is 2.53 bits per heavy atom. The van der Waals surface area contributed by atoms with Crippen LogP contribution in [-0.2, 0) is 9.53 Å². The summed E-state index contributed by atoms with van der Waals surface area (Å²) < 4.78 is 5.41. The summed E-state index contributed by atoms with van der Waals surface area (Å²) in [5.74, 6) is 0.612. The van der Waals surface area contributed by atoms with E-state index in [2.05, 4.69) is 24.3 Å². The van der Waals surface area contributed by atoms with E-state index in [9.17, 15) is 4.79 Å². The van der Waals surface area contributed by atoms with Gasteiger partial charge in [0.2, 0.25) is 0 Å². The van der Waals surface area contributed by atoms with Crippen LogP contribution in [0.5, 0.6) is 0 Å². The van der Waals surface area contributed by atoms with Crippen LogP contribution < -0.4 is 0 Å². The van der Waals surface area contributed by atoms with Gasteiger partial charge in [-0.1, -0.05) is 24.3 Å². The monoisotopic (exact) mass is 260 g/mol. The maximum absolute atomic E-state index is 11.0. The van der Waals surface area contributed by atoms with Crippen molar-refractivity contribution >= 4 is 5.97 Å². The van der Waals surface area contributed by atoms with Gasteiger partial charge in [0.1, 0.15) is 0 Å². The van der Waals surface area contributed by atoms with Crippen LogP contribution in [0.3, 0.4) is 0 Å². The lowest BCUT2D eigenvalue weighted by molar-refractivity contribution is -0.137. The van der Waals surface area contributed by atoms with Crippen LogP contribution in [0.4, 0.5) is 0 Å². The van der Waals surface area contributed by atoms with Crippen LogP contribution in [0.2, 0.25) is 0 Å². The minimum Gasteiger partial charge on any atom is -0.481 e. The molecule has 1 heterocycles. The van der Waals surface area contributed by atoms with Gasteiger partial charge in [-0.3, -0.25) is 4.79 Å². The maximum atomic E-state index is 11.0. The first-order valence-corrected chi connectivity index (χ1v) is 7.13. The number of ether oxygens (including phenoxy) is 1. The predicted molar refractivity (Wildman–Crippen MR) is 72.3 cm³/mol. The van der Waals surface area contributed by atoms with Crippen LogP contribution >= 0.6 is 0 Å². The maximum Gasteiger partial charge on any atom is 0.303 e. The number of aliphatic carboxylic acids is 1. The molecule has 1 saturated carbocycles. The van der Waals surface area contributed by atoms with E-state index < -0.39 is 5.97 Å². The lowest BCUT2D eigenvalue weighted by Gasteiger charge is -2.16. The number of benzene rings is 1. The van der Waals surface area contributed by atoms with E-state index in [0.29, 0.717) is 11.8 Å². The molecule has 1 aromatic carbocycles. The summed E-state index contributed by atoms with van der Waals surface area (Å²) in [6.07, 6.45) is 3.71. The van der Waals surface area contributed by atoms with Gasteiger partial charge in [-0.25, -0.2) is 0 Å². The molecule has 3 nitrogen and oxygen atoms in total. The summed E-state index contributed by atoms with van der Waals surface area (Å²) in [6.45, 7) is 1.68. The zero-order chi connectivity index (χ0) is 13.2. The highest BCUT2D eigenvalue weighted by atomic mass is 16.5. The predicted octanol–water partition coefficient (Wildman–Crippen LogP) is 3.16. The molecule has 2 unspecified atom stereocenters.